The second-order valence-electron chi connectivity index (χ2n) is 34.1. The molecular formula is C92H143BrN12O16S3. The Morgan fingerprint density at radius 3 is 1.10 bits per heavy atom. The number of rotatable bonds is 39. The number of nitrogens with zero attached hydrogens (tertiary/aromatic N) is 9. The first-order valence-electron chi connectivity index (χ1n) is 45.1. The van der Waals surface area contributed by atoms with Crippen molar-refractivity contribution in [2.75, 3.05) is 86.7 Å². The number of nitrogens with one attached hydrogen (secondary N) is 3. The van der Waals surface area contributed by atoms with Crippen LogP contribution in [0.2, 0.25) is 0 Å². The fourth-order valence-corrected chi connectivity index (χ4v) is 21.5. The largest absolute Gasteiger partial charge is 0.400 e. The van der Waals surface area contributed by atoms with E-state index >= 15 is 0 Å². The molecule has 0 radical (unpaired) electrons. The Morgan fingerprint density at radius 2 is 0.766 bits per heavy atom. The van der Waals surface area contributed by atoms with Crippen molar-refractivity contribution >= 4 is 122 Å². The average Bonchev–Trinajstić information content (AvgIpc) is 1.59. The lowest BCUT2D eigenvalue weighted by atomic mass is 9.89. The minimum atomic E-state index is -3.68. The summed E-state index contributed by atoms with van der Waals surface area (Å²) < 4.78 is 81.6. The number of amides is 6. The van der Waals surface area contributed by atoms with Crippen LogP contribution in [0.1, 0.15) is 287 Å². The normalized spacial score (nSPS) is 20.7. The molecule has 32 heteroatoms. The molecule has 692 valence electrons. The number of hydrogen-bond acceptors (Lipinski definition) is 19. The number of sulfonamides is 3. The van der Waals surface area contributed by atoms with E-state index in [1.807, 2.05) is 63.2 Å². The number of piperidine rings is 3. The van der Waals surface area contributed by atoms with Crippen molar-refractivity contribution < 1.29 is 74.4 Å². The second-order valence-corrected chi connectivity index (χ2v) is 40.7. The zero-order chi connectivity index (χ0) is 89.6. The molecule has 28 nitrogen and oxygen atoms in total. The van der Waals surface area contributed by atoms with Gasteiger partial charge in [-0.2, -0.15) is 8.61 Å². The molecule has 0 bridgehead atoms. The highest BCUT2D eigenvalue weighted by atomic mass is 79.9. The van der Waals surface area contributed by atoms with Crippen LogP contribution >= 0.6 is 15.9 Å². The van der Waals surface area contributed by atoms with Gasteiger partial charge in [0.05, 0.1) is 43.7 Å². The summed E-state index contributed by atoms with van der Waals surface area (Å²) in [7, 11) is -9.58. The van der Waals surface area contributed by atoms with Crippen LogP contribution in [0.25, 0.3) is 6.08 Å². The van der Waals surface area contributed by atoms with E-state index in [1.54, 1.807) is 32.9 Å². The van der Waals surface area contributed by atoms with E-state index < -0.39 is 46.7 Å². The van der Waals surface area contributed by atoms with Gasteiger partial charge in [-0.3, -0.25) is 43.7 Å². The zero-order valence-electron chi connectivity index (χ0n) is 73.9. The average molecular weight is 1850 g/mol. The number of anilines is 3. The highest BCUT2D eigenvalue weighted by Crippen LogP contribution is 2.38. The van der Waals surface area contributed by atoms with Crippen molar-refractivity contribution in [1.82, 2.24) is 28.9 Å². The quantitative estimate of drug-likeness (QED) is 0.0261. The summed E-state index contributed by atoms with van der Waals surface area (Å²) in [5, 5.41) is 46.5. The van der Waals surface area contributed by atoms with E-state index in [1.165, 1.54) is 115 Å². The van der Waals surface area contributed by atoms with Gasteiger partial charge in [0.2, 0.25) is 47.8 Å². The van der Waals surface area contributed by atoms with E-state index in [0.29, 0.717) is 109 Å². The number of amidine groups is 3. The van der Waals surface area contributed by atoms with Gasteiger partial charge in [-0.15, -0.1) is 0 Å². The molecule has 3 spiro atoms. The first-order valence-corrected chi connectivity index (χ1v) is 50.5. The minimum Gasteiger partial charge on any atom is -0.400 e. The van der Waals surface area contributed by atoms with E-state index in [2.05, 4.69) is 64.2 Å². The van der Waals surface area contributed by atoms with E-state index in [9.17, 15) is 69.3 Å². The number of aliphatic imine (C=N–C) groups is 3. The maximum Gasteiger partial charge on any atom is 0.253 e. The zero-order valence-corrected chi connectivity index (χ0v) is 78.0. The van der Waals surface area contributed by atoms with Crippen molar-refractivity contribution in [3.05, 3.63) is 104 Å². The smallest absolute Gasteiger partial charge is 0.253 e. The highest BCUT2D eigenvalue weighted by Gasteiger charge is 2.50. The van der Waals surface area contributed by atoms with Gasteiger partial charge in [-0.25, -0.2) is 29.6 Å². The lowest BCUT2D eigenvalue weighted by molar-refractivity contribution is -0.125. The van der Waals surface area contributed by atoms with Crippen molar-refractivity contribution in [1.29, 1.82) is 0 Å². The molecule has 6 saturated heterocycles. The second kappa shape index (κ2) is 50.1. The Bertz CT molecular complexity index is 4540. The molecule has 3 aromatic rings. The Balaban J connectivity index is 0.000000236. The summed E-state index contributed by atoms with van der Waals surface area (Å²) in [5.74, 6) is 2.09. The Labute approximate surface area is 747 Å². The molecule has 12 rings (SSSR count). The maximum absolute atomic E-state index is 13.2. The van der Waals surface area contributed by atoms with Crippen LogP contribution < -0.4 is 30.7 Å². The van der Waals surface area contributed by atoms with Gasteiger partial charge in [-0.05, 0) is 181 Å². The summed E-state index contributed by atoms with van der Waals surface area (Å²) in [5.41, 5.74) is 4.41. The molecule has 9 aliphatic heterocycles. The maximum atomic E-state index is 13.2. The number of halogens is 1. The van der Waals surface area contributed by atoms with Gasteiger partial charge in [0, 0.05) is 117 Å². The summed E-state index contributed by atoms with van der Waals surface area (Å²) in [6, 6.07) is 16.4. The van der Waals surface area contributed by atoms with Crippen molar-refractivity contribution in [2.45, 2.75) is 321 Å². The van der Waals surface area contributed by atoms with Gasteiger partial charge in [0.25, 0.3) is 17.7 Å². The third-order valence-electron chi connectivity index (χ3n) is 25.3. The van der Waals surface area contributed by atoms with Gasteiger partial charge < -0.3 is 51.1 Å². The number of benzene rings is 3. The minimum absolute atomic E-state index is 0. The van der Waals surface area contributed by atoms with Crippen LogP contribution in [-0.4, -0.2) is 218 Å². The Morgan fingerprint density at radius 1 is 0.444 bits per heavy atom. The lowest BCUT2D eigenvalue weighted by Gasteiger charge is -2.34. The number of hydrogen-bond donors (Lipinski definition) is 7. The molecular weight excluding hydrogens is 1710 g/mol. The fourth-order valence-electron chi connectivity index (χ4n) is 17.6. The Kier molecular flexibility index (Phi) is 42.1. The van der Waals surface area contributed by atoms with Crippen molar-refractivity contribution in [2.24, 2.45) is 15.0 Å². The van der Waals surface area contributed by atoms with Crippen LogP contribution in [-0.2, 0) is 65.3 Å². The first kappa shape index (κ1) is 104. The van der Waals surface area contributed by atoms with Crippen LogP contribution in [0.4, 0.5) is 17.1 Å². The third-order valence-corrected chi connectivity index (χ3v) is 31.2. The number of aliphatic hydroxyl groups is 4. The van der Waals surface area contributed by atoms with Crippen LogP contribution in [0, 0.1) is 20.8 Å². The number of carbonyl (C=O) groups is 6. The molecule has 3 aromatic carbocycles. The van der Waals surface area contributed by atoms with E-state index in [-0.39, 0.29) is 99.7 Å². The first-order chi connectivity index (χ1) is 58.9. The number of unbranched alkanes of at least 4 members (excludes halogenated alkanes) is 18. The standard InChI is InChI=1S/C30H46N4O5S.C30H44N4O5S.C18H31N3O3S.C12H14BrNO2.CH4O.CH4/c2*1-3-4-5-6-7-8-9-10-27-31-29(37)30(32-27)16-18-33(19-17-30)40(38,39)20-15-24-11-12-25(21-23(24)2)34-26(22-35)13-14-28(34)36;1-3-5-6-7-8-9-10-11-16-19-17(22)18(20-16)12-14-21(15-13-18)25(23,24)4-2;1-8-6-9(2-4-11(8)13)14-10(7-15)3-5-12(14)16;1-2;/h11-12,21,26,35H,3-10,13-20,22H2,1-2H3,(H,31,32,37);11-12,15,20-21,26,35H,3-10,13-14,16-19,22H2,1-2H3,(H,31,32,37);4H,2-3,5-15H2,1H3,(H,19,20,22);2,4,6,10,15H,3,5,7H2,1H3;2H,1H3;1H4/b;20-15+;;;;/t2*26-;;10-;;/m00.0../s1. The molecule has 124 heavy (non-hydrogen) atoms. The molecule has 0 unspecified atom stereocenters. The van der Waals surface area contributed by atoms with Gasteiger partial charge in [0.1, 0.15) is 34.1 Å². The fraction of sp³-hybridized carbons (Fsp3) is 0.663. The van der Waals surface area contributed by atoms with Gasteiger partial charge >= 0.3 is 0 Å². The SMILES string of the molecule is C.C=CS(=O)(=O)N1CCC2(CC1)N=C(CCCCCCCCC)NC2=O.CCCCCCCCCC1=NC2(CCN(S(=O)(=O)/C=C/c3ccc(N4C(=O)CC[C@H]4CO)cc3C)CC2)C(=O)N1.CCCCCCCCCC1=NC2(CCN(S(=O)(=O)CCc3ccc(N4C(=O)CC[C@H]4CO)cc3C)CC2)C(=O)N1.CO.Cc1cc(N2C(=O)CC[C@H]2CO)ccc1Br. The lowest BCUT2D eigenvalue weighted by Crippen LogP contribution is -2.50. The molecule has 0 aliphatic carbocycles. The van der Waals surface area contributed by atoms with E-state index in [4.69, 9.17) is 15.1 Å². The van der Waals surface area contributed by atoms with Gasteiger partial charge in [0.15, 0.2) is 0 Å². The van der Waals surface area contributed by atoms with Gasteiger partial charge in [-0.1, -0.05) is 178 Å². The molecule has 3 atom stereocenters. The molecule has 9 aliphatic rings. The molecule has 6 amide bonds. The summed E-state index contributed by atoms with van der Waals surface area (Å²) in [6.07, 6.45) is 35.5. The molecule has 6 fully saturated rings. The number of aliphatic hydroxyl groups excluding tert-OH is 4. The van der Waals surface area contributed by atoms with Crippen molar-refractivity contribution in [3.63, 3.8) is 0 Å². The predicted molar refractivity (Wildman–Crippen MR) is 499 cm³/mol. The summed E-state index contributed by atoms with van der Waals surface area (Å²) in [4.78, 5) is 93.5. The molecule has 7 N–H and O–H groups in total. The van der Waals surface area contributed by atoms with E-state index in [0.717, 1.165) is 138 Å². The van der Waals surface area contributed by atoms with Crippen LogP contribution in [0.3, 0.4) is 0 Å². The molecule has 0 aromatic heterocycles. The predicted octanol–water partition coefficient (Wildman–Crippen LogP) is 13.6. The van der Waals surface area contributed by atoms with Crippen LogP contribution in [0.5, 0.6) is 0 Å². The summed E-state index contributed by atoms with van der Waals surface area (Å²) in [6.45, 7) is 17.3. The number of aryl methyl sites for hydroxylation is 4. The van der Waals surface area contributed by atoms with Crippen LogP contribution in [0.15, 0.2) is 91.4 Å². The highest BCUT2D eigenvalue weighted by molar-refractivity contribution is 9.10. The van der Waals surface area contributed by atoms with Crippen molar-refractivity contribution in [3.8, 4) is 0 Å². The monoisotopic (exact) mass is 1850 g/mol. The molecule has 0 saturated carbocycles. The Hall–Kier alpha value is -6.98. The molecule has 9 heterocycles. The topological polar surface area (TPSA) is 378 Å². The number of carbonyl (C=O) groups excluding carboxylic acids is 6. The third kappa shape index (κ3) is 28.3. The summed E-state index contributed by atoms with van der Waals surface area (Å²) >= 11 is 3.43.